The Labute approximate surface area is 142 Å². The lowest BCUT2D eigenvalue weighted by Crippen LogP contribution is -2.39. The van der Waals surface area contributed by atoms with Gasteiger partial charge >= 0.3 is 18.6 Å². The minimum Gasteiger partial charge on any atom is -0.438 e. The normalized spacial score (nSPS) is 32.5. The van der Waals surface area contributed by atoms with Gasteiger partial charge in [-0.3, -0.25) is 0 Å². The van der Waals surface area contributed by atoms with E-state index in [1.165, 1.54) is 37.8 Å². The van der Waals surface area contributed by atoms with Crippen molar-refractivity contribution >= 4 is 35.2 Å². The fourth-order valence-electron chi connectivity index (χ4n) is 2.89. The Morgan fingerprint density at radius 1 is 0.636 bits per heavy atom. The van der Waals surface area contributed by atoms with Crippen LogP contribution in [-0.2, 0) is 17.1 Å². The second-order valence-corrected chi connectivity index (χ2v) is 20.4. The lowest BCUT2D eigenvalue weighted by molar-refractivity contribution is 0.252. The van der Waals surface area contributed by atoms with E-state index in [-0.39, 0.29) is 0 Å². The summed E-state index contributed by atoms with van der Waals surface area (Å²) in [4.78, 5) is 0. The summed E-state index contributed by atoms with van der Waals surface area (Å²) >= 11 is 0. The third-order valence-corrected chi connectivity index (χ3v) is 16.3. The van der Waals surface area contributed by atoms with E-state index in [0.29, 0.717) is 0 Å². The van der Waals surface area contributed by atoms with Crippen molar-refractivity contribution in [2.24, 2.45) is 0 Å². The van der Waals surface area contributed by atoms with Gasteiger partial charge in [0.25, 0.3) is 0 Å². The van der Waals surface area contributed by atoms with Crippen LogP contribution in [0.5, 0.6) is 0 Å². The zero-order valence-electron chi connectivity index (χ0n) is 15.4. The van der Waals surface area contributed by atoms with E-state index >= 15 is 0 Å². The van der Waals surface area contributed by atoms with E-state index in [0.717, 1.165) is 13.2 Å². The first-order chi connectivity index (χ1) is 10.2. The smallest absolute Gasteiger partial charge is 0.307 e. The Hall–Kier alpha value is 0.708. The fourth-order valence-corrected chi connectivity index (χ4v) is 14.8. The van der Waals surface area contributed by atoms with Gasteiger partial charge in [0.05, 0.1) is 0 Å². The van der Waals surface area contributed by atoms with Gasteiger partial charge in [-0.05, 0) is 64.2 Å². The Kier molecular flexibility index (Phi) is 9.31. The van der Waals surface area contributed by atoms with Crippen LogP contribution in [-0.4, -0.2) is 48.4 Å². The Bertz CT molecular complexity index is 285. The van der Waals surface area contributed by atoms with Crippen LogP contribution in [0.2, 0.25) is 51.4 Å². The highest BCUT2D eigenvalue weighted by Gasteiger charge is 2.27. The van der Waals surface area contributed by atoms with Crippen LogP contribution in [0.4, 0.5) is 0 Å². The van der Waals surface area contributed by atoms with Crippen molar-refractivity contribution < 1.29 is 17.1 Å². The summed E-state index contributed by atoms with van der Waals surface area (Å²) in [6.07, 6.45) is 5.05. The number of hydrogen-bond donors (Lipinski definition) is 0. The first kappa shape index (κ1) is 20.8. The van der Waals surface area contributed by atoms with Crippen molar-refractivity contribution in [2.45, 2.75) is 77.1 Å². The Balaban J connectivity index is 0.000000220. The zero-order valence-corrected chi connectivity index (χ0v) is 19.8. The highest BCUT2D eigenvalue weighted by molar-refractivity contribution is 6.77. The predicted molar refractivity (Wildman–Crippen MR) is 103 cm³/mol. The molecular formula is C14H36O4Si4. The molecule has 0 saturated carbocycles. The minimum atomic E-state index is -1.30. The number of hydrogen-bond acceptors (Lipinski definition) is 4. The quantitative estimate of drug-likeness (QED) is 0.600. The van der Waals surface area contributed by atoms with Crippen molar-refractivity contribution in [1.29, 1.82) is 0 Å². The van der Waals surface area contributed by atoms with Crippen LogP contribution < -0.4 is 0 Å². The molecule has 2 saturated heterocycles. The van der Waals surface area contributed by atoms with E-state index in [9.17, 15) is 0 Å². The zero-order chi connectivity index (χ0) is 16.6. The van der Waals surface area contributed by atoms with E-state index in [2.05, 4.69) is 39.3 Å². The molecule has 0 aliphatic carbocycles. The fraction of sp³-hybridized carbons (Fsp3) is 1.00. The maximum Gasteiger partial charge on any atom is 0.307 e. The van der Waals surface area contributed by atoms with Crippen LogP contribution in [0, 0.1) is 0 Å². The second kappa shape index (κ2) is 9.87. The summed E-state index contributed by atoms with van der Waals surface area (Å²) < 4.78 is 23.0. The van der Waals surface area contributed by atoms with Crippen LogP contribution in [0.1, 0.15) is 25.7 Å². The topological polar surface area (TPSA) is 36.9 Å². The van der Waals surface area contributed by atoms with Crippen LogP contribution in [0.3, 0.4) is 0 Å². The molecule has 2 aliphatic rings. The maximum atomic E-state index is 5.93. The van der Waals surface area contributed by atoms with Crippen molar-refractivity contribution in [3.05, 3.63) is 0 Å². The molecule has 0 amide bonds. The largest absolute Gasteiger partial charge is 0.438 e. The first-order valence-electron chi connectivity index (χ1n) is 8.79. The van der Waals surface area contributed by atoms with Gasteiger partial charge in [0, 0.05) is 13.2 Å². The molecule has 0 aromatic carbocycles. The monoisotopic (exact) mass is 380 g/mol. The molecule has 2 rings (SSSR count). The Morgan fingerprint density at radius 3 is 1.36 bits per heavy atom. The van der Waals surface area contributed by atoms with Gasteiger partial charge in [-0.1, -0.05) is 12.8 Å². The predicted octanol–water partition coefficient (Wildman–Crippen LogP) is 3.74. The third kappa shape index (κ3) is 9.76. The molecule has 22 heavy (non-hydrogen) atoms. The molecule has 2 aliphatic heterocycles. The van der Waals surface area contributed by atoms with Crippen molar-refractivity contribution in [3.8, 4) is 0 Å². The van der Waals surface area contributed by atoms with Gasteiger partial charge in [0.2, 0.25) is 0 Å². The summed E-state index contributed by atoms with van der Waals surface area (Å²) in [5, 5.41) is 0. The Morgan fingerprint density at radius 2 is 1.00 bits per heavy atom. The SMILES string of the molecule is C[SiH]1OCCCC[Si](C)(C)O1.C[SiH]1OCCCC[Si](C)(C)O1. The standard InChI is InChI=1S/2C7H18O2Si2/c2*1-10-8-6-4-5-7-11(2,3)9-10/h2*10H,4-7H2,1-3H3. The molecule has 0 radical (unpaired) electrons. The first-order valence-corrected chi connectivity index (χ1v) is 19.2. The number of rotatable bonds is 0. The molecule has 4 nitrogen and oxygen atoms in total. The van der Waals surface area contributed by atoms with Gasteiger partial charge in [0.1, 0.15) is 0 Å². The highest BCUT2D eigenvalue weighted by Crippen LogP contribution is 2.19. The van der Waals surface area contributed by atoms with Crippen LogP contribution >= 0.6 is 0 Å². The molecule has 2 atom stereocenters. The molecule has 0 bridgehead atoms. The van der Waals surface area contributed by atoms with Crippen molar-refractivity contribution in [1.82, 2.24) is 0 Å². The van der Waals surface area contributed by atoms with E-state index in [4.69, 9.17) is 17.1 Å². The van der Waals surface area contributed by atoms with E-state index in [1.54, 1.807) is 0 Å². The van der Waals surface area contributed by atoms with Crippen molar-refractivity contribution in [3.63, 3.8) is 0 Å². The van der Waals surface area contributed by atoms with E-state index in [1.807, 2.05) is 0 Å². The molecule has 0 spiro atoms. The molecule has 2 heterocycles. The third-order valence-electron chi connectivity index (χ3n) is 4.02. The lowest BCUT2D eigenvalue weighted by Gasteiger charge is -2.29. The van der Waals surface area contributed by atoms with Crippen molar-refractivity contribution in [2.75, 3.05) is 13.2 Å². The highest BCUT2D eigenvalue weighted by atomic mass is 28.4. The summed E-state index contributed by atoms with van der Waals surface area (Å²) in [7, 11) is -5.06. The van der Waals surface area contributed by atoms with Gasteiger partial charge in [-0.25, -0.2) is 0 Å². The molecular weight excluding hydrogens is 344 g/mol. The van der Waals surface area contributed by atoms with Crippen LogP contribution in [0.15, 0.2) is 0 Å². The minimum absolute atomic E-state index is 0.928. The summed E-state index contributed by atoms with van der Waals surface area (Å²) in [6.45, 7) is 15.3. The molecule has 0 aromatic heterocycles. The average molecular weight is 381 g/mol. The van der Waals surface area contributed by atoms with Gasteiger partial charge < -0.3 is 17.1 Å². The summed E-state index contributed by atoms with van der Waals surface area (Å²) in [5.74, 6) is 0. The summed E-state index contributed by atoms with van der Waals surface area (Å²) in [5.41, 5.74) is 0. The maximum absolute atomic E-state index is 5.93. The molecule has 2 fully saturated rings. The second-order valence-electron chi connectivity index (χ2n) is 7.55. The van der Waals surface area contributed by atoms with Gasteiger partial charge in [-0.15, -0.1) is 0 Å². The molecule has 8 heteroatoms. The van der Waals surface area contributed by atoms with Gasteiger partial charge in [0.15, 0.2) is 16.6 Å². The average Bonchev–Trinajstić information content (AvgIpc) is 2.33. The lowest BCUT2D eigenvalue weighted by atomic mass is 10.4. The van der Waals surface area contributed by atoms with Crippen LogP contribution in [0.25, 0.3) is 0 Å². The molecule has 2 unspecified atom stereocenters. The molecule has 0 N–H and O–H groups in total. The molecule has 132 valence electrons. The molecule has 0 aromatic rings. The van der Waals surface area contributed by atoms with Gasteiger partial charge in [-0.2, -0.15) is 0 Å². The summed E-state index contributed by atoms with van der Waals surface area (Å²) in [6, 6.07) is 2.63. The van der Waals surface area contributed by atoms with E-state index < -0.39 is 35.2 Å².